The molecule has 0 N–H and O–H groups in total. The Hall–Kier alpha value is -3.80. The summed E-state index contributed by atoms with van der Waals surface area (Å²) in [6, 6.07) is 24.2. The number of benzene rings is 3. The molecule has 0 aromatic heterocycles. The standard InChI is InChI=1S/C37H46O6/c1-27-25-34(28(27)2)35(26-29-13-9-8-10-14-29)37(39)42-24-12-7-5-4-6-11-23-41-32-19-21-33(22-20-32)43-36(38)30-15-17-31(40-3)18-16-30/h8-10,13-22,27-28,34-35H,4-7,11-12,23-26H2,1-3H3. The summed E-state index contributed by atoms with van der Waals surface area (Å²) in [6.45, 7) is 5.70. The molecule has 6 nitrogen and oxygen atoms in total. The molecule has 0 aliphatic heterocycles. The molecule has 0 saturated heterocycles. The first-order valence-electron chi connectivity index (χ1n) is 15.7. The highest BCUT2D eigenvalue weighted by Crippen LogP contribution is 2.45. The lowest BCUT2D eigenvalue weighted by Gasteiger charge is -2.44. The highest BCUT2D eigenvalue weighted by Gasteiger charge is 2.43. The molecule has 1 saturated carbocycles. The van der Waals surface area contributed by atoms with Crippen LogP contribution in [0, 0.1) is 23.7 Å². The maximum atomic E-state index is 13.0. The largest absolute Gasteiger partial charge is 0.497 e. The Labute approximate surface area is 256 Å². The van der Waals surface area contributed by atoms with Crippen LogP contribution in [0.2, 0.25) is 0 Å². The zero-order chi connectivity index (χ0) is 30.4. The van der Waals surface area contributed by atoms with Gasteiger partial charge in [-0.15, -0.1) is 0 Å². The van der Waals surface area contributed by atoms with Gasteiger partial charge < -0.3 is 18.9 Å². The molecule has 0 amide bonds. The zero-order valence-corrected chi connectivity index (χ0v) is 25.8. The van der Waals surface area contributed by atoms with Crippen molar-refractivity contribution in [2.75, 3.05) is 20.3 Å². The van der Waals surface area contributed by atoms with E-state index in [0.717, 1.165) is 57.1 Å². The molecule has 1 fully saturated rings. The average Bonchev–Trinajstić information content (AvgIpc) is 3.04. The molecule has 0 heterocycles. The van der Waals surface area contributed by atoms with E-state index in [4.69, 9.17) is 18.9 Å². The van der Waals surface area contributed by atoms with Crippen LogP contribution in [0.15, 0.2) is 78.9 Å². The number of unbranched alkanes of at least 4 members (excludes halogenated alkanes) is 5. The molecule has 1 aliphatic carbocycles. The van der Waals surface area contributed by atoms with E-state index in [9.17, 15) is 9.59 Å². The molecule has 3 aromatic carbocycles. The maximum absolute atomic E-state index is 13.0. The van der Waals surface area contributed by atoms with E-state index < -0.39 is 5.97 Å². The van der Waals surface area contributed by atoms with Crippen LogP contribution >= 0.6 is 0 Å². The van der Waals surface area contributed by atoms with E-state index in [-0.39, 0.29) is 11.9 Å². The van der Waals surface area contributed by atoms with Crippen molar-refractivity contribution in [3.05, 3.63) is 90.0 Å². The van der Waals surface area contributed by atoms with Crippen LogP contribution in [0.4, 0.5) is 0 Å². The Balaban J connectivity index is 1.05. The van der Waals surface area contributed by atoms with Gasteiger partial charge >= 0.3 is 11.9 Å². The number of hydrogen-bond donors (Lipinski definition) is 0. The van der Waals surface area contributed by atoms with Crippen molar-refractivity contribution in [1.29, 1.82) is 0 Å². The lowest BCUT2D eigenvalue weighted by molar-refractivity contribution is -0.154. The summed E-state index contributed by atoms with van der Waals surface area (Å²) in [5.74, 6) is 3.11. The predicted octanol–water partition coefficient (Wildman–Crippen LogP) is 8.33. The fourth-order valence-electron chi connectivity index (χ4n) is 5.77. The molecule has 0 radical (unpaired) electrons. The summed E-state index contributed by atoms with van der Waals surface area (Å²) in [6.07, 6.45) is 8.17. The Kier molecular flexibility index (Phi) is 12.5. The van der Waals surface area contributed by atoms with Crippen LogP contribution in [0.25, 0.3) is 0 Å². The fraction of sp³-hybridized carbons (Fsp3) is 0.459. The Morgan fingerprint density at radius 3 is 1.98 bits per heavy atom. The first kappa shape index (κ1) is 32.1. The Morgan fingerprint density at radius 1 is 0.744 bits per heavy atom. The maximum Gasteiger partial charge on any atom is 0.343 e. The monoisotopic (exact) mass is 586 g/mol. The summed E-state index contributed by atoms with van der Waals surface area (Å²) in [4.78, 5) is 25.4. The van der Waals surface area contributed by atoms with Crippen molar-refractivity contribution in [2.45, 2.75) is 65.2 Å². The number of ether oxygens (including phenoxy) is 4. The summed E-state index contributed by atoms with van der Waals surface area (Å²) < 4.78 is 22.2. The lowest BCUT2D eigenvalue weighted by atomic mass is 9.60. The van der Waals surface area contributed by atoms with Crippen LogP contribution in [-0.2, 0) is 16.0 Å². The van der Waals surface area contributed by atoms with E-state index in [1.165, 1.54) is 5.56 Å². The molecule has 4 unspecified atom stereocenters. The van der Waals surface area contributed by atoms with Gasteiger partial charge in [0.1, 0.15) is 17.2 Å². The second-order valence-electron chi connectivity index (χ2n) is 11.8. The van der Waals surface area contributed by atoms with Gasteiger partial charge in [-0.05, 0) is 97.5 Å². The summed E-state index contributed by atoms with van der Waals surface area (Å²) >= 11 is 0. The molecule has 4 rings (SSSR count). The van der Waals surface area contributed by atoms with Gasteiger partial charge in [-0.3, -0.25) is 4.79 Å². The number of carbonyl (C=O) groups excluding carboxylic acids is 2. The minimum absolute atomic E-state index is 0.0202. The normalized spacial score (nSPS) is 18.3. The van der Waals surface area contributed by atoms with Crippen LogP contribution in [0.5, 0.6) is 17.2 Å². The zero-order valence-electron chi connectivity index (χ0n) is 25.8. The predicted molar refractivity (Wildman–Crippen MR) is 169 cm³/mol. The number of hydrogen-bond acceptors (Lipinski definition) is 6. The van der Waals surface area contributed by atoms with Crippen molar-refractivity contribution >= 4 is 11.9 Å². The SMILES string of the molecule is COc1ccc(C(=O)Oc2ccc(OCCCCCCCCOC(=O)C(Cc3ccccc3)C3CC(C)C3C)cc2)cc1. The third-order valence-electron chi connectivity index (χ3n) is 8.75. The van der Waals surface area contributed by atoms with Crippen molar-refractivity contribution < 1.29 is 28.5 Å². The fourth-order valence-corrected chi connectivity index (χ4v) is 5.77. The lowest BCUT2D eigenvalue weighted by Crippen LogP contribution is -2.42. The van der Waals surface area contributed by atoms with Gasteiger partial charge in [0.25, 0.3) is 0 Å². The molecular weight excluding hydrogens is 540 g/mol. The third kappa shape index (κ3) is 9.87. The molecule has 4 atom stereocenters. The second kappa shape index (κ2) is 16.7. The first-order chi connectivity index (χ1) is 20.9. The molecule has 230 valence electrons. The van der Waals surface area contributed by atoms with Crippen molar-refractivity contribution in [3.63, 3.8) is 0 Å². The highest BCUT2D eigenvalue weighted by molar-refractivity contribution is 5.91. The molecule has 3 aromatic rings. The highest BCUT2D eigenvalue weighted by atomic mass is 16.5. The Morgan fingerprint density at radius 2 is 1.35 bits per heavy atom. The van der Waals surface area contributed by atoms with Crippen LogP contribution < -0.4 is 14.2 Å². The minimum atomic E-state index is -0.417. The summed E-state index contributed by atoms with van der Waals surface area (Å²) in [7, 11) is 1.58. The van der Waals surface area contributed by atoms with Gasteiger partial charge in [-0.1, -0.05) is 69.9 Å². The molecule has 1 aliphatic rings. The van der Waals surface area contributed by atoms with Crippen LogP contribution in [0.3, 0.4) is 0 Å². The van der Waals surface area contributed by atoms with Gasteiger partial charge in [-0.25, -0.2) is 4.79 Å². The van der Waals surface area contributed by atoms with E-state index >= 15 is 0 Å². The van der Waals surface area contributed by atoms with Crippen molar-refractivity contribution in [1.82, 2.24) is 0 Å². The van der Waals surface area contributed by atoms with Gasteiger partial charge in [0.05, 0.1) is 31.8 Å². The summed E-state index contributed by atoms with van der Waals surface area (Å²) in [5.41, 5.74) is 1.67. The van der Waals surface area contributed by atoms with Gasteiger partial charge in [0, 0.05) is 0 Å². The van der Waals surface area contributed by atoms with E-state index in [0.29, 0.717) is 48.0 Å². The molecule has 43 heavy (non-hydrogen) atoms. The third-order valence-corrected chi connectivity index (χ3v) is 8.75. The molecule has 0 bridgehead atoms. The summed E-state index contributed by atoms with van der Waals surface area (Å²) in [5, 5.41) is 0. The second-order valence-corrected chi connectivity index (χ2v) is 11.8. The van der Waals surface area contributed by atoms with Gasteiger partial charge in [0.2, 0.25) is 0 Å². The van der Waals surface area contributed by atoms with E-state index in [2.05, 4.69) is 26.0 Å². The molecular formula is C37H46O6. The topological polar surface area (TPSA) is 71.1 Å². The van der Waals surface area contributed by atoms with Crippen molar-refractivity contribution in [3.8, 4) is 17.2 Å². The molecule has 0 spiro atoms. The smallest absolute Gasteiger partial charge is 0.343 e. The average molecular weight is 587 g/mol. The quantitative estimate of drug-likeness (QED) is 0.0900. The van der Waals surface area contributed by atoms with Crippen LogP contribution in [0.1, 0.15) is 74.7 Å². The number of rotatable bonds is 17. The van der Waals surface area contributed by atoms with Gasteiger partial charge in [-0.2, -0.15) is 0 Å². The molecule has 6 heteroatoms. The number of carbonyl (C=O) groups is 2. The van der Waals surface area contributed by atoms with Gasteiger partial charge in [0.15, 0.2) is 0 Å². The minimum Gasteiger partial charge on any atom is -0.497 e. The number of esters is 2. The number of methoxy groups -OCH3 is 1. The van der Waals surface area contributed by atoms with Crippen LogP contribution in [-0.4, -0.2) is 32.3 Å². The van der Waals surface area contributed by atoms with Crippen molar-refractivity contribution in [2.24, 2.45) is 23.7 Å². The van der Waals surface area contributed by atoms with E-state index in [1.807, 2.05) is 30.3 Å². The first-order valence-corrected chi connectivity index (χ1v) is 15.7. The van der Waals surface area contributed by atoms with E-state index in [1.54, 1.807) is 43.5 Å². The Bertz CT molecular complexity index is 1250.